The molecule has 56 heavy (non-hydrogen) atoms. The van der Waals surface area contributed by atoms with Crippen molar-refractivity contribution in [2.75, 3.05) is 13.7 Å². The Balaban J connectivity index is 1.56. The van der Waals surface area contributed by atoms with Gasteiger partial charge in [-0.05, 0) is 54.0 Å². The van der Waals surface area contributed by atoms with Gasteiger partial charge in [0.15, 0.2) is 12.6 Å². The molecule has 16 atom stereocenters. The van der Waals surface area contributed by atoms with Crippen LogP contribution >= 0.6 is 0 Å². The molecule has 1 aromatic carbocycles. The molecule has 3 aliphatic rings. The lowest BCUT2D eigenvalue weighted by Gasteiger charge is -2.47. The number of aliphatic hydroxyl groups excluding tert-OH is 8. The summed E-state index contributed by atoms with van der Waals surface area (Å²) in [5, 5.41) is 91.7. The first-order valence-electron chi connectivity index (χ1n) is 18.8. The first-order chi connectivity index (χ1) is 26.3. The van der Waals surface area contributed by atoms with Gasteiger partial charge in [0.25, 0.3) is 0 Å². The van der Waals surface area contributed by atoms with E-state index in [4.69, 9.17) is 28.4 Å². The quantitative estimate of drug-likeness (QED) is 0.0846. The number of carbonyl (C=O) groups excluding carboxylic acids is 2. The second kappa shape index (κ2) is 19.6. The topological polar surface area (TPSA) is 275 Å². The summed E-state index contributed by atoms with van der Waals surface area (Å²) in [5.74, 6) is 0.248. The molecule has 0 spiro atoms. The van der Waals surface area contributed by atoms with E-state index in [1.807, 2.05) is 13.8 Å². The molecular formula is C38H60N2O16. The number of hydrogen-bond donors (Lipinski definition) is 10. The third kappa shape index (κ3) is 11.4. The number of hydrogen-bond acceptors (Lipinski definition) is 16. The van der Waals surface area contributed by atoms with Crippen LogP contribution in [-0.4, -0.2) is 158 Å². The molecule has 3 heterocycles. The van der Waals surface area contributed by atoms with Crippen LogP contribution in [0.3, 0.4) is 0 Å². The van der Waals surface area contributed by atoms with E-state index >= 15 is 0 Å². The molecule has 8 unspecified atom stereocenters. The number of nitrogens with one attached hydrogen (secondary N) is 2. The second-order valence-electron chi connectivity index (χ2n) is 15.9. The summed E-state index contributed by atoms with van der Waals surface area (Å²) in [5.41, 5.74) is -0.393. The van der Waals surface area contributed by atoms with Crippen molar-refractivity contribution in [3.8, 4) is 11.5 Å². The molecule has 18 nitrogen and oxygen atoms in total. The molecule has 0 aliphatic carbocycles. The highest BCUT2D eigenvalue weighted by molar-refractivity contribution is 5.87. The number of amides is 2. The van der Waals surface area contributed by atoms with Crippen LogP contribution in [0.5, 0.6) is 11.5 Å². The van der Waals surface area contributed by atoms with Gasteiger partial charge in [0, 0.05) is 13.3 Å². The van der Waals surface area contributed by atoms with Crippen molar-refractivity contribution in [3.63, 3.8) is 0 Å². The number of allylic oxidation sites excluding steroid dienone is 1. The van der Waals surface area contributed by atoms with Gasteiger partial charge in [-0.25, -0.2) is 0 Å². The first kappa shape index (κ1) is 45.7. The van der Waals surface area contributed by atoms with Crippen LogP contribution in [0, 0.1) is 17.3 Å². The summed E-state index contributed by atoms with van der Waals surface area (Å²) in [4.78, 5) is 25.4. The van der Waals surface area contributed by atoms with Gasteiger partial charge in [-0.1, -0.05) is 40.7 Å². The van der Waals surface area contributed by atoms with Crippen LogP contribution < -0.4 is 20.1 Å². The van der Waals surface area contributed by atoms with Gasteiger partial charge >= 0.3 is 0 Å². The summed E-state index contributed by atoms with van der Waals surface area (Å²) in [6.07, 6.45) is -17.7. The maximum atomic E-state index is 13.3. The predicted molar refractivity (Wildman–Crippen MR) is 196 cm³/mol. The lowest BCUT2D eigenvalue weighted by molar-refractivity contribution is -0.347. The molecule has 0 saturated carbocycles. The van der Waals surface area contributed by atoms with Crippen molar-refractivity contribution in [1.82, 2.24) is 10.6 Å². The zero-order valence-electron chi connectivity index (χ0n) is 32.7. The summed E-state index contributed by atoms with van der Waals surface area (Å²) in [6, 6.07) is 3.35. The fourth-order valence-electron chi connectivity index (χ4n) is 7.01. The summed E-state index contributed by atoms with van der Waals surface area (Å²) < 4.78 is 34.3. The summed E-state index contributed by atoms with van der Waals surface area (Å²) >= 11 is 0. The maximum Gasteiger partial charge on any atom is 0.244 e. The molecule has 0 aromatic heterocycles. The van der Waals surface area contributed by atoms with Crippen molar-refractivity contribution >= 4 is 11.8 Å². The Bertz CT molecular complexity index is 1450. The van der Waals surface area contributed by atoms with E-state index in [1.165, 1.54) is 13.2 Å². The fraction of sp³-hybridized carbons (Fsp3) is 0.737. The molecular weight excluding hydrogens is 740 g/mol. The minimum Gasteiger partial charge on any atom is -0.497 e. The molecule has 3 aliphatic heterocycles. The molecule has 3 fully saturated rings. The highest BCUT2D eigenvalue weighted by Crippen LogP contribution is 2.34. The van der Waals surface area contributed by atoms with E-state index in [2.05, 4.69) is 31.4 Å². The van der Waals surface area contributed by atoms with Crippen LogP contribution in [0.4, 0.5) is 0 Å². The summed E-state index contributed by atoms with van der Waals surface area (Å²) in [7, 11) is 1.49. The van der Waals surface area contributed by atoms with Crippen LogP contribution in [0.25, 0.3) is 0 Å². The standard InChI is InChI=1S/C38H60N2O16/c1-17(2)18(3)15-38(5,6)13-12-25(44)40-27-31(48)28(45)23(53-36(27)56-35-26(39-19(4)42)30(47)29(46)24(16-41)54-35)14-22(43)34-32(49)33(50)37(55-34)52-21-10-8-20(51-7)9-11-21/h8-13,17-18,22-24,26-37,41,43,45-50H,14-16H2,1-7H3,(H,39,42)(H,40,44)/b13-12+/t18?,22-,23-,24+,26?,27?,28?,29?,30?,31?,32+,33-,34?,35-,36+,37-/m1/s1. The molecule has 10 N–H and O–H groups in total. The molecule has 1 aromatic rings. The normalized spacial score (nSPS) is 36.3. The van der Waals surface area contributed by atoms with Crippen LogP contribution in [0.1, 0.15) is 54.4 Å². The number of benzene rings is 1. The SMILES string of the molecule is COc1ccc(O[C@@H]2OC([C@H](O)C[C@H]3O[C@@H](O[C@H]4O[C@@H](CO)C(O)C(O)C4NC(C)=O)C(NC(=O)/C=C/C(C)(C)CC(C)C(C)C)C(O)C3O)[C@@H](O)[C@H]2O)cc1. The molecule has 4 rings (SSSR count). The number of carbonyl (C=O) groups is 2. The van der Waals surface area contributed by atoms with Crippen LogP contribution in [0.2, 0.25) is 0 Å². The van der Waals surface area contributed by atoms with Gasteiger partial charge < -0.3 is 79.9 Å². The van der Waals surface area contributed by atoms with Crippen molar-refractivity contribution in [2.24, 2.45) is 17.3 Å². The van der Waals surface area contributed by atoms with Gasteiger partial charge in [0.05, 0.1) is 25.9 Å². The Morgan fingerprint density at radius 1 is 0.804 bits per heavy atom. The van der Waals surface area contributed by atoms with Crippen LogP contribution in [-0.2, 0) is 28.5 Å². The van der Waals surface area contributed by atoms with Crippen molar-refractivity contribution in [1.29, 1.82) is 0 Å². The second-order valence-corrected chi connectivity index (χ2v) is 15.9. The van der Waals surface area contributed by atoms with Gasteiger partial charge in [-0.2, -0.15) is 0 Å². The first-order valence-corrected chi connectivity index (χ1v) is 18.8. The van der Waals surface area contributed by atoms with Gasteiger partial charge in [-0.3, -0.25) is 9.59 Å². The number of aliphatic hydroxyl groups is 8. The third-order valence-corrected chi connectivity index (χ3v) is 10.6. The van der Waals surface area contributed by atoms with Crippen molar-refractivity contribution in [3.05, 3.63) is 36.4 Å². The minimum absolute atomic E-state index is 0.270. The smallest absolute Gasteiger partial charge is 0.244 e. The lowest BCUT2D eigenvalue weighted by Crippen LogP contribution is -2.68. The summed E-state index contributed by atoms with van der Waals surface area (Å²) in [6.45, 7) is 10.6. The van der Waals surface area contributed by atoms with E-state index in [1.54, 1.807) is 30.3 Å². The van der Waals surface area contributed by atoms with E-state index in [0.717, 1.165) is 13.3 Å². The molecule has 18 heteroatoms. The lowest BCUT2D eigenvalue weighted by atomic mass is 9.79. The average Bonchev–Trinajstić information content (AvgIpc) is 3.42. The van der Waals surface area contributed by atoms with E-state index < -0.39 is 122 Å². The predicted octanol–water partition coefficient (Wildman–Crippen LogP) is -1.57. The fourth-order valence-corrected chi connectivity index (χ4v) is 7.01. The van der Waals surface area contributed by atoms with Gasteiger partial charge in [0.1, 0.15) is 72.4 Å². The zero-order valence-corrected chi connectivity index (χ0v) is 32.7. The monoisotopic (exact) mass is 800 g/mol. The number of methoxy groups -OCH3 is 1. The van der Waals surface area contributed by atoms with Crippen LogP contribution in [0.15, 0.2) is 36.4 Å². The van der Waals surface area contributed by atoms with E-state index in [-0.39, 0.29) is 5.75 Å². The Kier molecular flexibility index (Phi) is 16.0. The van der Waals surface area contributed by atoms with Crippen molar-refractivity contribution in [2.45, 2.75) is 146 Å². The van der Waals surface area contributed by atoms with E-state index in [9.17, 15) is 50.4 Å². The molecule has 3 saturated heterocycles. The number of ether oxygens (including phenoxy) is 6. The molecule has 0 radical (unpaired) electrons. The largest absolute Gasteiger partial charge is 0.497 e. The molecule has 0 bridgehead atoms. The Labute approximate surface area is 326 Å². The van der Waals surface area contributed by atoms with Gasteiger partial charge in [-0.15, -0.1) is 0 Å². The third-order valence-electron chi connectivity index (χ3n) is 10.6. The Morgan fingerprint density at radius 2 is 1.36 bits per heavy atom. The zero-order chi connectivity index (χ0) is 41.6. The Morgan fingerprint density at radius 3 is 1.91 bits per heavy atom. The molecule has 318 valence electrons. The average molecular weight is 801 g/mol. The number of rotatable bonds is 16. The minimum atomic E-state index is -1.82. The maximum absolute atomic E-state index is 13.3. The van der Waals surface area contributed by atoms with E-state index in [0.29, 0.717) is 17.6 Å². The molecule has 2 amide bonds. The van der Waals surface area contributed by atoms with Gasteiger partial charge in [0.2, 0.25) is 18.1 Å². The Hall–Kier alpha value is -2.98. The highest BCUT2D eigenvalue weighted by atomic mass is 16.8. The van der Waals surface area contributed by atoms with Crippen molar-refractivity contribution < 1.29 is 78.9 Å². The highest BCUT2D eigenvalue weighted by Gasteiger charge is 2.53.